The van der Waals surface area contributed by atoms with Crippen molar-refractivity contribution < 1.29 is 27.6 Å². The molecule has 3 aromatic heterocycles. The van der Waals surface area contributed by atoms with E-state index in [1.807, 2.05) is 0 Å². The van der Waals surface area contributed by atoms with Crippen LogP contribution in [0.4, 0.5) is 8.78 Å². The number of benzene rings is 1. The van der Waals surface area contributed by atoms with Gasteiger partial charge in [-0.25, -0.2) is 33.0 Å². The molecule has 10 nitrogen and oxygen atoms in total. The van der Waals surface area contributed by atoms with Crippen molar-refractivity contribution in [3.8, 4) is 17.4 Å². The predicted octanol–water partition coefficient (Wildman–Crippen LogP) is 3.86. The molecule has 0 fully saturated rings. The molecule has 0 saturated heterocycles. The number of ether oxygens (including phenoxy) is 1. The van der Waals surface area contributed by atoms with Gasteiger partial charge >= 0.3 is 11.6 Å². The largest absolute Gasteiger partial charge is 0.464 e. The first-order chi connectivity index (χ1) is 16.7. The van der Waals surface area contributed by atoms with Crippen molar-refractivity contribution >= 4 is 34.2 Å². The molecule has 0 atom stereocenters. The first-order valence-corrected chi connectivity index (χ1v) is 10.3. The number of halogens is 3. The van der Waals surface area contributed by atoms with Crippen molar-refractivity contribution in [3.05, 3.63) is 68.8 Å². The van der Waals surface area contributed by atoms with E-state index < -0.39 is 23.7 Å². The van der Waals surface area contributed by atoms with E-state index in [4.69, 9.17) is 25.6 Å². The summed E-state index contributed by atoms with van der Waals surface area (Å²) in [4.78, 5) is 38.2. The summed E-state index contributed by atoms with van der Waals surface area (Å²) in [6, 6.07) is 7.00. The van der Waals surface area contributed by atoms with E-state index in [1.54, 1.807) is 19.1 Å². The van der Waals surface area contributed by atoms with Gasteiger partial charge in [0.1, 0.15) is 18.5 Å². The van der Waals surface area contributed by atoms with Crippen molar-refractivity contribution in [1.29, 1.82) is 0 Å². The van der Waals surface area contributed by atoms with E-state index in [0.717, 1.165) is 10.7 Å². The van der Waals surface area contributed by atoms with E-state index in [9.17, 15) is 18.4 Å². The molecule has 0 radical (unpaired) electrons. The number of hydrogen-bond donors (Lipinski definition) is 0. The number of hydrogen-bond acceptors (Lipinski definition) is 9. The molecule has 0 unspecified atom stereocenters. The van der Waals surface area contributed by atoms with Crippen molar-refractivity contribution in [1.82, 2.24) is 19.7 Å². The van der Waals surface area contributed by atoms with Gasteiger partial charge in [-0.2, -0.15) is 5.10 Å². The van der Waals surface area contributed by atoms with Crippen LogP contribution in [0.2, 0.25) is 5.02 Å². The third kappa shape index (κ3) is 4.47. The molecule has 0 aliphatic carbocycles. The zero-order chi connectivity index (χ0) is 25.3. The summed E-state index contributed by atoms with van der Waals surface area (Å²) >= 11 is 6.19. The minimum absolute atomic E-state index is 0.0208. The van der Waals surface area contributed by atoms with E-state index in [2.05, 4.69) is 20.2 Å². The summed E-state index contributed by atoms with van der Waals surface area (Å²) in [5.74, 6) is -1.01. The number of pyridine rings is 1. The molecule has 0 aliphatic heterocycles. The fourth-order valence-electron chi connectivity index (χ4n) is 3.35. The van der Waals surface area contributed by atoms with Gasteiger partial charge in [-0.3, -0.25) is 0 Å². The number of nitrogens with zero attached hydrogens (tertiary/aromatic N) is 5. The second-order valence-electron chi connectivity index (χ2n) is 7.09. The maximum Gasteiger partial charge on any atom is 0.360 e. The lowest BCUT2D eigenvalue weighted by atomic mass is 10.0. The third-order valence-corrected chi connectivity index (χ3v) is 5.16. The molecule has 3 heterocycles. The monoisotopic (exact) mass is 503 g/mol. The van der Waals surface area contributed by atoms with Crippen LogP contribution < -0.4 is 5.63 Å². The maximum atomic E-state index is 13.5. The number of fused-ring (bicyclic) bond motifs is 1. The number of methoxy groups -OCH3 is 1. The zero-order valence-corrected chi connectivity index (χ0v) is 19.2. The fourth-order valence-corrected chi connectivity index (χ4v) is 3.55. The lowest BCUT2D eigenvalue weighted by Gasteiger charge is -2.09. The van der Waals surface area contributed by atoms with Crippen LogP contribution in [0.15, 0.2) is 50.9 Å². The highest BCUT2D eigenvalue weighted by molar-refractivity contribution is 6.43. The molecule has 0 N–H and O–H groups in total. The molecule has 4 aromatic rings. The molecule has 0 aliphatic rings. The number of esters is 1. The third-order valence-electron chi connectivity index (χ3n) is 4.87. The van der Waals surface area contributed by atoms with Crippen LogP contribution in [0, 0.1) is 6.92 Å². The molecule has 0 saturated carbocycles. The average molecular weight is 504 g/mol. The van der Waals surface area contributed by atoms with Crippen LogP contribution in [0.25, 0.3) is 28.3 Å². The lowest BCUT2D eigenvalue weighted by Crippen LogP contribution is -2.18. The van der Waals surface area contributed by atoms with Crippen LogP contribution >= 0.6 is 11.6 Å². The molecule has 13 heteroatoms. The Bertz CT molecular complexity index is 1530. The summed E-state index contributed by atoms with van der Waals surface area (Å²) in [5, 5.41) is 7.69. The summed E-state index contributed by atoms with van der Waals surface area (Å²) in [5.41, 5.74) is -0.745. The Kier molecular flexibility index (Phi) is 6.56. The van der Waals surface area contributed by atoms with Crippen LogP contribution in [0.5, 0.6) is 0 Å². The second kappa shape index (κ2) is 9.58. The summed E-state index contributed by atoms with van der Waals surface area (Å²) in [6.45, 7) is 1.64. The molecular weight excluding hydrogens is 488 g/mol. The number of aromatic nitrogens is 4. The van der Waals surface area contributed by atoms with Crippen LogP contribution in [-0.2, 0) is 14.4 Å². The van der Waals surface area contributed by atoms with E-state index >= 15 is 0 Å². The van der Waals surface area contributed by atoms with Gasteiger partial charge < -0.3 is 14.0 Å². The Labute approximate surface area is 200 Å². The number of rotatable bonds is 6. The standard InChI is InChI=1S/C22H16ClF2N5O5/c1-10-7-11(17(29-34-3)22(32)33-2)8-12-16(10)27-20(35-21(12)31)15-9-14(18(24)25)28-30(15)19-13(23)5-4-6-26-19/h4-9,18H,1-3H3/b29-17-. The Balaban J connectivity index is 1.94. The number of alkyl halides is 2. The highest BCUT2D eigenvalue weighted by atomic mass is 35.5. The first-order valence-electron chi connectivity index (χ1n) is 9.89. The van der Waals surface area contributed by atoms with E-state index in [1.165, 1.54) is 32.5 Å². The Morgan fingerprint density at radius 2 is 2.03 bits per heavy atom. The zero-order valence-electron chi connectivity index (χ0n) is 18.5. The SMILES string of the molecule is CO/N=C(\C(=O)OC)c1cc(C)c2nc(-c3cc(C(F)F)nn3-c3ncccc3Cl)oc(=O)c2c1. The summed E-state index contributed by atoms with van der Waals surface area (Å²) in [7, 11) is 2.43. The van der Waals surface area contributed by atoms with Gasteiger partial charge in [0, 0.05) is 11.8 Å². The van der Waals surface area contributed by atoms with Gasteiger partial charge in [0.25, 0.3) is 6.43 Å². The molecule has 35 heavy (non-hydrogen) atoms. The number of oxime groups is 1. The van der Waals surface area contributed by atoms with Gasteiger partial charge in [-0.05, 0) is 42.8 Å². The number of carbonyl (C=O) groups is 1. The highest BCUT2D eigenvalue weighted by Gasteiger charge is 2.24. The quantitative estimate of drug-likeness (QED) is 0.221. The number of carbonyl (C=O) groups excluding carboxylic acids is 1. The topological polar surface area (TPSA) is 122 Å². The molecule has 4 rings (SSSR count). The maximum absolute atomic E-state index is 13.5. The van der Waals surface area contributed by atoms with Crippen molar-refractivity contribution in [3.63, 3.8) is 0 Å². The second-order valence-corrected chi connectivity index (χ2v) is 7.49. The Morgan fingerprint density at radius 3 is 2.69 bits per heavy atom. The minimum atomic E-state index is -2.91. The Morgan fingerprint density at radius 1 is 1.26 bits per heavy atom. The molecule has 0 spiro atoms. The normalized spacial score (nSPS) is 11.8. The molecule has 180 valence electrons. The van der Waals surface area contributed by atoms with Crippen LogP contribution in [0.3, 0.4) is 0 Å². The van der Waals surface area contributed by atoms with Gasteiger partial charge in [-0.1, -0.05) is 16.8 Å². The summed E-state index contributed by atoms with van der Waals surface area (Å²) < 4.78 is 38.1. The van der Waals surface area contributed by atoms with Crippen molar-refractivity contribution in [2.75, 3.05) is 14.2 Å². The van der Waals surface area contributed by atoms with Gasteiger partial charge in [-0.15, -0.1) is 0 Å². The average Bonchev–Trinajstić information content (AvgIpc) is 3.28. The molecule has 1 aromatic carbocycles. The molecule has 0 bridgehead atoms. The fraction of sp³-hybridized carbons (Fsp3) is 0.182. The van der Waals surface area contributed by atoms with Gasteiger partial charge in [0.2, 0.25) is 5.89 Å². The van der Waals surface area contributed by atoms with Crippen LogP contribution in [0.1, 0.15) is 23.2 Å². The van der Waals surface area contributed by atoms with E-state index in [-0.39, 0.29) is 44.6 Å². The van der Waals surface area contributed by atoms with Gasteiger partial charge in [0.05, 0.1) is 23.0 Å². The molecule has 0 amide bonds. The van der Waals surface area contributed by atoms with Gasteiger partial charge in [0.15, 0.2) is 11.5 Å². The molecular formula is C22H16ClF2N5O5. The van der Waals surface area contributed by atoms with Crippen molar-refractivity contribution in [2.45, 2.75) is 13.3 Å². The first kappa shape index (κ1) is 24.0. The van der Waals surface area contributed by atoms with Crippen LogP contribution in [-0.4, -0.2) is 45.6 Å². The minimum Gasteiger partial charge on any atom is -0.464 e. The number of aryl methyl sites for hydroxylation is 1. The predicted molar refractivity (Wildman–Crippen MR) is 121 cm³/mol. The Hall–Kier alpha value is -4.19. The summed E-state index contributed by atoms with van der Waals surface area (Å²) in [6.07, 6.45) is -1.50. The van der Waals surface area contributed by atoms with Crippen molar-refractivity contribution in [2.24, 2.45) is 5.16 Å². The van der Waals surface area contributed by atoms with E-state index in [0.29, 0.717) is 5.56 Å². The highest BCUT2D eigenvalue weighted by Crippen LogP contribution is 2.30. The smallest absolute Gasteiger partial charge is 0.360 e. The lowest BCUT2D eigenvalue weighted by molar-refractivity contribution is -0.132.